The summed E-state index contributed by atoms with van der Waals surface area (Å²) in [6.45, 7) is 1.23. The molecule has 1 aliphatic heterocycles. The number of imidazole rings is 1. The van der Waals surface area contributed by atoms with E-state index in [1.807, 2.05) is 4.57 Å². The van der Waals surface area contributed by atoms with Gasteiger partial charge >= 0.3 is 0 Å². The number of hydrogen-bond acceptors (Lipinski definition) is 6. The molecule has 1 saturated heterocycles. The van der Waals surface area contributed by atoms with Crippen LogP contribution in [0.15, 0.2) is 40.5 Å². The van der Waals surface area contributed by atoms with E-state index in [-0.39, 0.29) is 28.8 Å². The second-order valence-corrected chi connectivity index (χ2v) is 7.33. The molecule has 0 saturated carbocycles. The molecule has 3 heterocycles. The Morgan fingerprint density at radius 3 is 3.14 bits per heavy atom. The van der Waals surface area contributed by atoms with Crippen LogP contribution in [0.2, 0.25) is 0 Å². The first kappa shape index (κ1) is 18.6. The van der Waals surface area contributed by atoms with E-state index in [4.69, 9.17) is 4.74 Å². The third-order valence-corrected chi connectivity index (χ3v) is 5.33. The molecule has 8 nitrogen and oxygen atoms in total. The highest BCUT2D eigenvalue weighted by molar-refractivity contribution is 7.99. The van der Waals surface area contributed by atoms with Crippen molar-refractivity contribution in [3.8, 4) is 0 Å². The van der Waals surface area contributed by atoms with Gasteiger partial charge in [0.1, 0.15) is 5.82 Å². The topological polar surface area (TPSA) is 102 Å². The summed E-state index contributed by atoms with van der Waals surface area (Å²) >= 11 is 1.19. The zero-order valence-electron chi connectivity index (χ0n) is 14.9. The van der Waals surface area contributed by atoms with Crippen molar-refractivity contribution >= 4 is 34.5 Å². The van der Waals surface area contributed by atoms with E-state index in [9.17, 15) is 14.0 Å². The van der Waals surface area contributed by atoms with Crippen molar-refractivity contribution in [3.63, 3.8) is 0 Å². The Hall–Kier alpha value is -2.72. The maximum Gasteiger partial charge on any atom is 0.278 e. The van der Waals surface area contributed by atoms with Gasteiger partial charge in [-0.2, -0.15) is 0 Å². The van der Waals surface area contributed by atoms with Gasteiger partial charge < -0.3 is 19.6 Å². The molecule has 1 aliphatic rings. The van der Waals surface area contributed by atoms with Gasteiger partial charge in [-0.1, -0.05) is 17.8 Å². The second kappa shape index (κ2) is 8.11. The van der Waals surface area contributed by atoms with Gasteiger partial charge in [0.25, 0.3) is 5.56 Å². The number of halogens is 1. The molecule has 1 fully saturated rings. The molecule has 10 heteroatoms. The fourth-order valence-electron chi connectivity index (χ4n) is 3.09. The predicted octanol–water partition coefficient (Wildman–Crippen LogP) is 2.17. The number of aromatic amines is 1. The molecular weight excluding hydrogens is 385 g/mol. The van der Waals surface area contributed by atoms with E-state index >= 15 is 0 Å². The Kier molecular flexibility index (Phi) is 5.40. The molecule has 146 valence electrons. The predicted molar refractivity (Wildman–Crippen MR) is 103 cm³/mol. The molecule has 1 amide bonds. The average molecular weight is 403 g/mol. The van der Waals surface area contributed by atoms with Crippen LogP contribution >= 0.6 is 11.8 Å². The van der Waals surface area contributed by atoms with Crippen LogP contribution in [0.1, 0.15) is 12.8 Å². The Balaban J connectivity index is 1.52. The van der Waals surface area contributed by atoms with E-state index in [0.717, 1.165) is 12.8 Å². The highest BCUT2D eigenvalue weighted by atomic mass is 32.2. The molecule has 0 aliphatic carbocycles. The number of H-pyrrole nitrogens is 1. The fourth-order valence-corrected chi connectivity index (χ4v) is 3.89. The van der Waals surface area contributed by atoms with Crippen molar-refractivity contribution < 1.29 is 13.9 Å². The van der Waals surface area contributed by atoms with Gasteiger partial charge in [0, 0.05) is 12.3 Å². The first-order chi connectivity index (χ1) is 13.6. The van der Waals surface area contributed by atoms with Gasteiger partial charge in [-0.05, 0) is 31.0 Å². The number of fused-ring (bicyclic) bond motifs is 1. The number of nitrogens with zero attached hydrogens (tertiary/aromatic N) is 3. The summed E-state index contributed by atoms with van der Waals surface area (Å²) in [5, 5.41) is 3.16. The lowest BCUT2D eigenvalue weighted by atomic mass is 10.2. The van der Waals surface area contributed by atoms with E-state index in [1.165, 1.54) is 36.3 Å². The molecule has 0 bridgehead atoms. The third kappa shape index (κ3) is 4.07. The minimum absolute atomic E-state index is 0.0268. The van der Waals surface area contributed by atoms with Gasteiger partial charge in [0.2, 0.25) is 5.91 Å². The molecule has 0 radical (unpaired) electrons. The number of benzene rings is 1. The summed E-state index contributed by atoms with van der Waals surface area (Å²) in [7, 11) is 0. The van der Waals surface area contributed by atoms with Crippen molar-refractivity contribution in [3.05, 3.63) is 46.8 Å². The zero-order chi connectivity index (χ0) is 19.5. The standard InChI is InChI=1S/C18H18FN5O3S/c19-11-3-1-4-12(7-11)22-14(25)9-28-18-23-15-16(20-10-21-17(15)26)24(18)8-13-5-2-6-27-13/h1,3-4,7,10,13H,2,5-6,8-9H2,(H,22,25)(H,20,21,26)/t13-/m1/s1. The van der Waals surface area contributed by atoms with Crippen LogP contribution in [0, 0.1) is 5.82 Å². The van der Waals surface area contributed by atoms with Crippen molar-refractivity contribution in [1.82, 2.24) is 19.5 Å². The van der Waals surface area contributed by atoms with Gasteiger partial charge in [-0.25, -0.2) is 14.4 Å². The SMILES string of the molecule is O=C(CSc1nc2c(=O)[nH]cnc2n1C[C@H]1CCCO1)Nc1cccc(F)c1. The smallest absolute Gasteiger partial charge is 0.278 e. The van der Waals surface area contributed by atoms with Gasteiger partial charge in [0.05, 0.1) is 24.7 Å². The molecule has 2 N–H and O–H groups in total. The Morgan fingerprint density at radius 1 is 1.46 bits per heavy atom. The number of amides is 1. The number of carbonyl (C=O) groups is 1. The van der Waals surface area contributed by atoms with Crippen LogP contribution in [-0.2, 0) is 16.1 Å². The number of nitrogens with one attached hydrogen (secondary N) is 2. The van der Waals surface area contributed by atoms with E-state index in [0.29, 0.717) is 29.6 Å². The quantitative estimate of drug-likeness (QED) is 0.612. The third-order valence-electron chi connectivity index (χ3n) is 4.35. The summed E-state index contributed by atoms with van der Waals surface area (Å²) < 4.78 is 20.8. The lowest BCUT2D eigenvalue weighted by molar-refractivity contribution is -0.113. The highest BCUT2D eigenvalue weighted by Gasteiger charge is 2.22. The summed E-state index contributed by atoms with van der Waals surface area (Å²) in [6, 6.07) is 5.69. The Morgan fingerprint density at radius 2 is 2.36 bits per heavy atom. The lowest BCUT2D eigenvalue weighted by Crippen LogP contribution is -2.18. The first-order valence-electron chi connectivity index (χ1n) is 8.84. The Bertz CT molecular complexity index is 1060. The molecule has 1 aromatic carbocycles. The highest BCUT2D eigenvalue weighted by Crippen LogP contribution is 2.24. The molecule has 2 aromatic heterocycles. The summed E-state index contributed by atoms with van der Waals surface area (Å²) in [4.78, 5) is 35.4. The average Bonchev–Trinajstić information content (AvgIpc) is 3.30. The van der Waals surface area contributed by atoms with Crippen LogP contribution in [0.4, 0.5) is 10.1 Å². The maximum atomic E-state index is 13.2. The van der Waals surface area contributed by atoms with Crippen molar-refractivity contribution in [1.29, 1.82) is 0 Å². The summed E-state index contributed by atoms with van der Waals surface area (Å²) in [6.07, 6.45) is 3.28. The molecule has 28 heavy (non-hydrogen) atoms. The first-order valence-corrected chi connectivity index (χ1v) is 9.82. The number of ether oxygens (including phenoxy) is 1. The monoisotopic (exact) mass is 403 g/mol. The number of aromatic nitrogens is 4. The number of hydrogen-bond donors (Lipinski definition) is 2. The number of thioether (sulfide) groups is 1. The summed E-state index contributed by atoms with van der Waals surface area (Å²) in [5.74, 6) is -0.661. The van der Waals surface area contributed by atoms with Crippen molar-refractivity contribution in [2.24, 2.45) is 0 Å². The number of anilines is 1. The van der Waals surface area contributed by atoms with Crippen LogP contribution in [-0.4, -0.2) is 43.9 Å². The molecule has 4 rings (SSSR count). The van der Waals surface area contributed by atoms with E-state index in [2.05, 4.69) is 20.3 Å². The van der Waals surface area contributed by atoms with Crippen LogP contribution < -0.4 is 10.9 Å². The number of carbonyl (C=O) groups excluding carboxylic acids is 1. The summed E-state index contributed by atoms with van der Waals surface area (Å²) in [5.41, 5.74) is 0.750. The molecule has 3 aromatic rings. The largest absolute Gasteiger partial charge is 0.376 e. The minimum Gasteiger partial charge on any atom is -0.376 e. The second-order valence-electron chi connectivity index (χ2n) is 6.39. The van der Waals surface area contributed by atoms with Crippen molar-refractivity contribution in [2.45, 2.75) is 30.6 Å². The normalized spacial score (nSPS) is 16.5. The van der Waals surface area contributed by atoms with Crippen LogP contribution in [0.3, 0.4) is 0 Å². The molecule has 1 atom stereocenters. The zero-order valence-corrected chi connectivity index (χ0v) is 15.7. The van der Waals surface area contributed by atoms with Crippen LogP contribution in [0.25, 0.3) is 11.2 Å². The fraction of sp³-hybridized carbons (Fsp3) is 0.333. The van der Waals surface area contributed by atoms with Gasteiger partial charge in [-0.15, -0.1) is 0 Å². The maximum absolute atomic E-state index is 13.2. The van der Waals surface area contributed by atoms with E-state index < -0.39 is 5.82 Å². The van der Waals surface area contributed by atoms with Gasteiger partial charge in [-0.3, -0.25) is 9.59 Å². The minimum atomic E-state index is -0.422. The van der Waals surface area contributed by atoms with Gasteiger partial charge in [0.15, 0.2) is 16.3 Å². The van der Waals surface area contributed by atoms with E-state index in [1.54, 1.807) is 6.07 Å². The van der Waals surface area contributed by atoms with Crippen LogP contribution in [0.5, 0.6) is 0 Å². The molecular formula is C18H18FN5O3S. The number of rotatable bonds is 6. The molecule has 0 unspecified atom stereocenters. The molecule has 0 spiro atoms. The van der Waals surface area contributed by atoms with Crippen molar-refractivity contribution in [2.75, 3.05) is 17.7 Å². The Labute approximate surface area is 163 Å². The lowest BCUT2D eigenvalue weighted by Gasteiger charge is -2.13.